The first-order chi connectivity index (χ1) is 11.4. The van der Waals surface area contributed by atoms with E-state index in [4.69, 9.17) is 4.74 Å². The summed E-state index contributed by atoms with van der Waals surface area (Å²) in [6, 6.07) is 11.8. The van der Waals surface area contributed by atoms with E-state index in [-0.39, 0.29) is 12.2 Å². The summed E-state index contributed by atoms with van der Waals surface area (Å²) >= 11 is 3.32. The molecule has 0 aromatic heterocycles. The molecule has 1 atom stereocenters. The fourth-order valence-corrected chi connectivity index (χ4v) is 3.09. The van der Waals surface area contributed by atoms with Gasteiger partial charge in [0.25, 0.3) is 5.91 Å². The van der Waals surface area contributed by atoms with Crippen LogP contribution in [-0.2, 0) is 10.4 Å². The highest BCUT2D eigenvalue weighted by atomic mass is 79.9. The SMILES string of the molecule is CCOc1ccc(C(=O)CC2(O)C(=O)Nc3ccc(Br)cc32)cc1. The van der Waals surface area contributed by atoms with Gasteiger partial charge in [-0.3, -0.25) is 9.59 Å². The Kier molecular flexibility index (Phi) is 4.43. The van der Waals surface area contributed by atoms with Crippen LogP contribution in [0.4, 0.5) is 5.69 Å². The van der Waals surface area contributed by atoms with Crippen molar-refractivity contribution in [3.63, 3.8) is 0 Å². The van der Waals surface area contributed by atoms with Crippen molar-refractivity contribution >= 4 is 33.3 Å². The molecule has 24 heavy (non-hydrogen) atoms. The van der Waals surface area contributed by atoms with E-state index < -0.39 is 11.5 Å². The molecular formula is C18H16BrNO4. The molecule has 1 aliphatic heterocycles. The van der Waals surface area contributed by atoms with Crippen molar-refractivity contribution < 1.29 is 19.4 Å². The molecule has 0 aliphatic carbocycles. The molecule has 0 saturated heterocycles. The number of carbonyl (C=O) groups is 2. The monoisotopic (exact) mass is 389 g/mol. The Morgan fingerprint density at radius 2 is 1.96 bits per heavy atom. The molecule has 5 nitrogen and oxygen atoms in total. The lowest BCUT2D eigenvalue weighted by Crippen LogP contribution is -2.36. The maximum absolute atomic E-state index is 12.5. The lowest BCUT2D eigenvalue weighted by molar-refractivity contribution is -0.133. The van der Waals surface area contributed by atoms with Gasteiger partial charge in [0, 0.05) is 21.3 Å². The molecule has 124 valence electrons. The first kappa shape index (κ1) is 16.7. The van der Waals surface area contributed by atoms with Crippen LogP contribution in [0.5, 0.6) is 5.75 Å². The number of ketones is 1. The van der Waals surface area contributed by atoms with Crippen LogP contribution in [0.15, 0.2) is 46.9 Å². The van der Waals surface area contributed by atoms with E-state index in [1.807, 2.05) is 6.92 Å². The predicted octanol–water partition coefficient (Wildman–Crippen LogP) is 3.26. The second-order valence-electron chi connectivity index (χ2n) is 5.56. The molecule has 0 bridgehead atoms. The quantitative estimate of drug-likeness (QED) is 0.769. The molecule has 0 radical (unpaired) electrons. The molecule has 1 aliphatic rings. The number of nitrogens with one attached hydrogen (secondary N) is 1. The summed E-state index contributed by atoms with van der Waals surface area (Å²) in [6.45, 7) is 2.42. The minimum absolute atomic E-state index is 0.316. The standard InChI is InChI=1S/C18H16BrNO4/c1-2-24-13-6-3-11(4-7-13)16(21)10-18(23)14-9-12(19)5-8-15(14)20-17(18)22/h3-9,23H,2,10H2,1H3,(H,20,22). The van der Waals surface area contributed by atoms with Crippen molar-refractivity contribution in [1.82, 2.24) is 0 Å². The van der Waals surface area contributed by atoms with Gasteiger partial charge in [-0.1, -0.05) is 15.9 Å². The lowest BCUT2D eigenvalue weighted by Gasteiger charge is -2.20. The summed E-state index contributed by atoms with van der Waals surface area (Å²) in [5, 5.41) is 13.4. The molecule has 2 aromatic rings. The molecule has 1 amide bonds. The molecule has 2 aromatic carbocycles. The number of ether oxygens (including phenoxy) is 1. The minimum Gasteiger partial charge on any atom is -0.494 e. The molecule has 0 fully saturated rings. The molecule has 0 saturated carbocycles. The number of halogens is 1. The van der Waals surface area contributed by atoms with Crippen LogP contribution in [0.3, 0.4) is 0 Å². The minimum atomic E-state index is -1.87. The number of aliphatic hydroxyl groups is 1. The third-order valence-corrected chi connectivity index (χ3v) is 4.45. The van der Waals surface area contributed by atoms with Gasteiger partial charge in [-0.05, 0) is 49.4 Å². The Labute approximate surface area is 147 Å². The molecule has 0 spiro atoms. The van der Waals surface area contributed by atoms with Gasteiger partial charge in [-0.2, -0.15) is 0 Å². The van der Waals surface area contributed by atoms with Crippen LogP contribution in [-0.4, -0.2) is 23.4 Å². The zero-order valence-corrected chi connectivity index (χ0v) is 14.6. The second kappa shape index (κ2) is 6.37. The normalized spacial score (nSPS) is 18.9. The van der Waals surface area contributed by atoms with E-state index in [9.17, 15) is 14.7 Å². The van der Waals surface area contributed by atoms with E-state index in [0.29, 0.717) is 29.2 Å². The summed E-state index contributed by atoms with van der Waals surface area (Å²) in [6.07, 6.45) is -0.323. The average Bonchev–Trinajstić information content (AvgIpc) is 2.79. The Hall–Kier alpha value is -2.18. The highest BCUT2D eigenvalue weighted by molar-refractivity contribution is 9.10. The van der Waals surface area contributed by atoms with Crippen molar-refractivity contribution in [2.75, 3.05) is 11.9 Å². The zero-order chi connectivity index (χ0) is 17.3. The summed E-state index contributed by atoms with van der Waals surface area (Å²) in [4.78, 5) is 24.7. The predicted molar refractivity (Wildman–Crippen MR) is 93.2 cm³/mol. The lowest BCUT2D eigenvalue weighted by atomic mass is 9.88. The van der Waals surface area contributed by atoms with E-state index in [0.717, 1.165) is 4.47 Å². The maximum atomic E-state index is 12.5. The Morgan fingerprint density at radius 1 is 1.25 bits per heavy atom. The van der Waals surface area contributed by atoms with Crippen molar-refractivity contribution in [3.05, 3.63) is 58.1 Å². The number of fused-ring (bicyclic) bond motifs is 1. The fraction of sp³-hybridized carbons (Fsp3) is 0.222. The molecule has 1 heterocycles. The largest absolute Gasteiger partial charge is 0.494 e. The fourth-order valence-electron chi connectivity index (χ4n) is 2.73. The van der Waals surface area contributed by atoms with Crippen molar-refractivity contribution in [2.45, 2.75) is 18.9 Å². The summed E-state index contributed by atoms with van der Waals surface area (Å²) in [5.74, 6) is -0.237. The number of carbonyl (C=O) groups excluding carboxylic acids is 2. The van der Waals surface area contributed by atoms with E-state index in [1.54, 1.807) is 42.5 Å². The molecule has 2 N–H and O–H groups in total. The number of benzene rings is 2. The van der Waals surface area contributed by atoms with Gasteiger partial charge in [0.1, 0.15) is 5.75 Å². The number of hydrogen-bond donors (Lipinski definition) is 2. The number of hydrogen-bond acceptors (Lipinski definition) is 4. The Balaban J connectivity index is 1.86. The second-order valence-corrected chi connectivity index (χ2v) is 6.48. The van der Waals surface area contributed by atoms with Crippen LogP contribution in [0.1, 0.15) is 29.3 Å². The van der Waals surface area contributed by atoms with Gasteiger partial charge in [0.2, 0.25) is 0 Å². The third kappa shape index (κ3) is 2.95. The first-order valence-electron chi connectivity index (χ1n) is 7.54. The summed E-state index contributed by atoms with van der Waals surface area (Å²) < 4.78 is 6.07. The number of rotatable bonds is 5. The van der Waals surface area contributed by atoms with Crippen molar-refractivity contribution in [3.8, 4) is 5.75 Å². The van der Waals surface area contributed by atoms with Crippen LogP contribution >= 0.6 is 15.9 Å². The Bertz CT molecular complexity index is 803. The van der Waals surface area contributed by atoms with Crippen LogP contribution in [0, 0.1) is 0 Å². The van der Waals surface area contributed by atoms with E-state index in [2.05, 4.69) is 21.2 Å². The van der Waals surface area contributed by atoms with Gasteiger partial charge in [0.15, 0.2) is 11.4 Å². The highest BCUT2D eigenvalue weighted by Gasteiger charge is 2.46. The molecular weight excluding hydrogens is 374 g/mol. The van der Waals surface area contributed by atoms with Crippen LogP contribution < -0.4 is 10.1 Å². The third-order valence-electron chi connectivity index (χ3n) is 3.95. The average molecular weight is 390 g/mol. The van der Waals surface area contributed by atoms with Gasteiger partial charge in [0.05, 0.1) is 13.0 Å². The number of anilines is 1. The van der Waals surface area contributed by atoms with E-state index >= 15 is 0 Å². The van der Waals surface area contributed by atoms with Gasteiger partial charge >= 0.3 is 0 Å². The first-order valence-corrected chi connectivity index (χ1v) is 8.33. The van der Waals surface area contributed by atoms with Gasteiger partial charge < -0.3 is 15.2 Å². The van der Waals surface area contributed by atoms with E-state index in [1.165, 1.54) is 0 Å². The smallest absolute Gasteiger partial charge is 0.261 e. The summed E-state index contributed by atoms with van der Waals surface area (Å²) in [5.41, 5.74) is -0.524. The van der Waals surface area contributed by atoms with Crippen molar-refractivity contribution in [2.24, 2.45) is 0 Å². The molecule has 1 unspecified atom stereocenters. The van der Waals surface area contributed by atoms with Crippen molar-refractivity contribution in [1.29, 1.82) is 0 Å². The topological polar surface area (TPSA) is 75.6 Å². The van der Waals surface area contributed by atoms with Gasteiger partial charge in [-0.25, -0.2) is 0 Å². The molecule has 3 rings (SSSR count). The molecule has 6 heteroatoms. The Morgan fingerprint density at radius 3 is 2.62 bits per heavy atom. The zero-order valence-electron chi connectivity index (χ0n) is 13.0. The highest BCUT2D eigenvalue weighted by Crippen LogP contribution is 2.40. The maximum Gasteiger partial charge on any atom is 0.261 e. The van der Waals surface area contributed by atoms with Crippen LogP contribution in [0.25, 0.3) is 0 Å². The number of Topliss-reactive ketones (excluding diaryl/α,β-unsaturated/α-hetero) is 1. The summed E-state index contributed by atoms with van der Waals surface area (Å²) in [7, 11) is 0. The van der Waals surface area contributed by atoms with Gasteiger partial charge in [-0.15, -0.1) is 0 Å². The van der Waals surface area contributed by atoms with Crippen LogP contribution in [0.2, 0.25) is 0 Å². The number of amides is 1.